The highest BCUT2D eigenvalue weighted by Gasteiger charge is 2.18. The zero-order chi connectivity index (χ0) is 20.9. The third-order valence-corrected chi connectivity index (χ3v) is 4.72. The van der Waals surface area contributed by atoms with Crippen LogP contribution >= 0.6 is 11.6 Å². The average molecular weight is 434 g/mol. The molecule has 1 amide bonds. The van der Waals surface area contributed by atoms with E-state index in [-0.39, 0.29) is 26.9 Å². The number of esters is 1. The Hall–Kier alpha value is -2.72. The Labute approximate surface area is 164 Å². The zero-order valence-electron chi connectivity index (χ0n) is 14.3. The first-order valence-electron chi connectivity index (χ1n) is 7.57. The topological polar surface area (TPSA) is 98.8 Å². The van der Waals surface area contributed by atoms with Crippen molar-refractivity contribution in [2.75, 3.05) is 18.2 Å². The summed E-state index contributed by atoms with van der Waals surface area (Å²) >= 11 is 5.88. The molecule has 150 valence electrons. The van der Waals surface area contributed by atoms with Crippen molar-refractivity contribution >= 4 is 39.0 Å². The van der Waals surface area contributed by atoms with E-state index in [1.54, 1.807) is 0 Å². The summed E-state index contributed by atoms with van der Waals surface area (Å²) in [6.45, 7) is -3.64. The van der Waals surface area contributed by atoms with Crippen LogP contribution in [0.5, 0.6) is 5.75 Å². The van der Waals surface area contributed by atoms with Gasteiger partial charge in [-0.3, -0.25) is 4.79 Å². The highest BCUT2D eigenvalue weighted by Crippen LogP contribution is 2.21. The Morgan fingerprint density at radius 2 is 1.79 bits per heavy atom. The largest absolute Gasteiger partial charge is 0.452 e. The lowest BCUT2D eigenvalue weighted by Crippen LogP contribution is -2.21. The van der Waals surface area contributed by atoms with Gasteiger partial charge in [0.05, 0.1) is 15.5 Å². The number of amides is 1. The zero-order valence-corrected chi connectivity index (χ0v) is 15.9. The molecular weight excluding hydrogens is 420 g/mol. The van der Waals surface area contributed by atoms with Gasteiger partial charge in [-0.1, -0.05) is 11.6 Å². The van der Waals surface area contributed by atoms with Gasteiger partial charge in [0.1, 0.15) is 5.75 Å². The number of benzene rings is 2. The number of alkyl halides is 2. The number of carbonyl (C=O) groups is 2. The van der Waals surface area contributed by atoms with Crippen LogP contribution in [0.25, 0.3) is 0 Å². The minimum Gasteiger partial charge on any atom is -0.452 e. The number of ether oxygens (including phenoxy) is 2. The monoisotopic (exact) mass is 433 g/mol. The summed E-state index contributed by atoms with van der Waals surface area (Å²) in [4.78, 5) is 23.8. The molecule has 0 unspecified atom stereocenters. The van der Waals surface area contributed by atoms with E-state index in [0.717, 1.165) is 12.3 Å². The summed E-state index contributed by atoms with van der Waals surface area (Å²) in [6.07, 6.45) is 0.969. The SMILES string of the molecule is CS(=O)(=O)c1ccc(Cl)c(C(=O)OCC(=O)Nc2ccc(OC(F)F)cc2)c1. The average Bonchev–Trinajstić information content (AvgIpc) is 2.60. The van der Waals surface area contributed by atoms with Gasteiger partial charge >= 0.3 is 12.6 Å². The lowest BCUT2D eigenvalue weighted by atomic mass is 10.2. The Morgan fingerprint density at radius 3 is 2.36 bits per heavy atom. The summed E-state index contributed by atoms with van der Waals surface area (Å²) in [6, 6.07) is 8.63. The van der Waals surface area contributed by atoms with E-state index in [2.05, 4.69) is 10.1 Å². The first kappa shape index (κ1) is 21.6. The summed E-state index contributed by atoms with van der Waals surface area (Å²) in [7, 11) is -3.56. The maximum Gasteiger partial charge on any atom is 0.387 e. The van der Waals surface area contributed by atoms with Crippen LogP contribution in [-0.4, -0.2) is 39.8 Å². The molecule has 2 aromatic rings. The van der Waals surface area contributed by atoms with Crippen LogP contribution in [0.4, 0.5) is 14.5 Å². The minimum atomic E-state index is -3.56. The van der Waals surface area contributed by atoms with Gasteiger partial charge in [0.2, 0.25) is 0 Å². The van der Waals surface area contributed by atoms with Crippen LogP contribution in [0.15, 0.2) is 47.4 Å². The van der Waals surface area contributed by atoms with Gasteiger partial charge < -0.3 is 14.8 Å². The fraction of sp³-hybridized carbons (Fsp3) is 0.176. The number of hydrogen-bond acceptors (Lipinski definition) is 6. The van der Waals surface area contributed by atoms with Crippen molar-refractivity contribution in [1.29, 1.82) is 0 Å². The smallest absolute Gasteiger partial charge is 0.387 e. The van der Waals surface area contributed by atoms with Crippen molar-refractivity contribution in [3.8, 4) is 5.75 Å². The van der Waals surface area contributed by atoms with Crippen LogP contribution in [0.3, 0.4) is 0 Å². The molecule has 0 fully saturated rings. The van der Waals surface area contributed by atoms with Crippen LogP contribution in [0.1, 0.15) is 10.4 Å². The fourth-order valence-electron chi connectivity index (χ4n) is 2.02. The van der Waals surface area contributed by atoms with Crippen molar-refractivity contribution in [2.24, 2.45) is 0 Å². The number of halogens is 3. The van der Waals surface area contributed by atoms with Gasteiger partial charge in [-0.25, -0.2) is 13.2 Å². The first-order chi connectivity index (χ1) is 13.1. The second-order valence-electron chi connectivity index (χ2n) is 5.44. The number of rotatable bonds is 7. The number of carbonyl (C=O) groups excluding carboxylic acids is 2. The maximum absolute atomic E-state index is 12.1. The molecule has 1 N–H and O–H groups in total. The van der Waals surface area contributed by atoms with Crippen molar-refractivity contribution in [3.63, 3.8) is 0 Å². The highest BCUT2D eigenvalue weighted by molar-refractivity contribution is 7.90. The molecule has 0 saturated carbocycles. The van der Waals surface area contributed by atoms with Crippen molar-refractivity contribution in [2.45, 2.75) is 11.5 Å². The molecular formula is C17H14ClF2NO6S. The Balaban J connectivity index is 1.96. The summed E-state index contributed by atoms with van der Waals surface area (Å²) in [5.41, 5.74) is 0.0608. The second-order valence-corrected chi connectivity index (χ2v) is 7.86. The molecule has 0 saturated heterocycles. The molecule has 0 atom stereocenters. The predicted molar refractivity (Wildman–Crippen MR) is 96.5 cm³/mol. The summed E-state index contributed by atoms with van der Waals surface area (Å²) < 4.78 is 56.3. The minimum absolute atomic E-state index is 0.0348. The molecule has 0 heterocycles. The Bertz CT molecular complexity index is 980. The van der Waals surface area contributed by atoms with Gasteiger partial charge in [0.15, 0.2) is 16.4 Å². The maximum atomic E-state index is 12.1. The van der Waals surface area contributed by atoms with Crippen LogP contribution in [-0.2, 0) is 19.4 Å². The molecule has 0 bridgehead atoms. The molecule has 2 aromatic carbocycles. The summed E-state index contributed by atoms with van der Waals surface area (Å²) in [5, 5.41) is 2.36. The molecule has 0 aromatic heterocycles. The van der Waals surface area contributed by atoms with E-state index >= 15 is 0 Å². The van der Waals surface area contributed by atoms with E-state index < -0.39 is 34.9 Å². The normalized spacial score (nSPS) is 11.2. The van der Waals surface area contributed by atoms with E-state index in [9.17, 15) is 26.8 Å². The van der Waals surface area contributed by atoms with E-state index in [1.807, 2.05) is 0 Å². The number of hydrogen-bond donors (Lipinski definition) is 1. The Kier molecular flexibility index (Phi) is 6.92. The lowest BCUT2D eigenvalue weighted by molar-refractivity contribution is -0.119. The van der Waals surface area contributed by atoms with Gasteiger partial charge in [-0.05, 0) is 42.5 Å². The predicted octanol–water partition coefficient (Wildman–Crippen LogP) is 3.14. The molecule has 28 heavy (non-hydrogen) atoms. The van der Waals surface area contributed by atoms with Gasteiger partial charge in [0.25, 0.3) is 5.91 Å². The quantitative estimate of drug-likeness (QED) is 0.673. The fourth-order valence-corrected chi connectivity index (χ4v) is 2.86. The highest BCUT2D eigenvalue weighted by atomic mass is 35.5. The molecule has 0 aliphatic rings. The number of sulfone groups is 1. The lowest BCUT2D eigenvalue weighted by Gasteiger charge is -2.09. The van der Waals surface area contributed by atoms with Crippen molar-refractivity contribution < 1.29 is 36.3 Å². The standard InChI is InChI=1S/C17H14ClF2NO6S/c1-28(24,25)12-6-7-14(18)13(8-12)16(23)26-9-15(22)21-10-2-4-11(5-3-10)27-17(19)20/h2-8,17H,9H2,1H3,(H,21,22). The third kappa shape index (κ3) is 6.17. The third-order valence-electron chi connectivity index (χ3n) is 3.28. The molecule has 0 spiro atoms. The molecule has 11 heteroatoms. The second kappa shape index (κ2) is 8.98. The van der Waals surface area contributed by atoms with Gasteiger partial charge in [0, 0.05) is 11.9 Å². The first-order valence-corrected chi connectivity index (χ1v) is 9.84. The molecule has 0 aliphatic carbocycles. The van der Waals surface area contributed by atoms with Crippen LogP contribution in [0.2, 0.25) is 5.02 Å². The van der Waals surface area contributed by atoms with Crippen molar-refractivity contribution in [3.05, 3.63) is 53.1 Å². The van der Waals surface area contributed by atoms with Crippen LogP contribution in [0, 0.1) is 0 Å². The van der Waals surface area contributed by atoms with Crippen LogP contribution < -0.4 is 10.1 Å². The van der Waals surface area contributed by atoms with Crippen molar-refractivity contribution in [1.82, 2.24) is 0 Å². The summed E-state index contributed by atoms with van der Waals surface area (Å²) in [5.74, 6) is -1.77. The molecule has 0 radical (unpaired) electrons. The molecule has 2 rings (SSSR count). The Morgan fingerprint density at radius 1 is 1.14 bits per heavy atom. The number of anilines is 1. The van der Waals surface area contributed by atoms with Gasteiger partial charge in [-0.2, -0.15) is 8.78 Å². The number of nitrogens with one attached hydrogen (secondary N) is 1. The molecule has 7 nitrogen and oxygen atoms in total. The van der Waals surface area contributed by atoms with E-state index in [0.29, 0.717) is 0 Å². The van der Waals surface area contributed by atoms with E-state index in [4.69, 9.17) is 16.3 Å². The van der Waals surface area contributed by atoms with E-state index in [1.165, 1.54) is 36.4 Å². The van der Waals surface area contributed by atoms with Gasteiger partial charge in [-0.15, -0.1) is 0 Å². The molecule has 0 aliphatic heterocycles.